The first kappa shape index (κ1) is 21.5. The van der Waals surface area contributed by atoms with Gasteiger partial charge in [-0.2, -0.15) is 4.31 Å². The summed E-state index contributed by atoms with van der Waals surface area (Å²) in [6, 6.07) is 10.3. The van der Waals surface area contributed by atoms with Crippen molar-refractivity contribution in [3.05, 3.63) is 48.4 Å². The van der Waals surface area contributed by atoms with E-state index < -0.39 is 10.0 Å². The number of hydrogen-bond donors (Lipinski definition) is 1. The van der Waals surface area contributed by atoms with Crippen molar-refractivity contribution in [3.63, 3.8) is 0 Å². The van der Waals surface area contributed by atoms with Crippen molar-refractivity contribution in [1.82, 2.24) is 19.2 Å². The van der Waals surface area contributed by atoms with Gasteiger partial charge in [-0.3, -0.25) is 4.79 Å². The van der Waals surface area contributed by atoms with Crippen molar-refractivity contribution >= 4 is 15.9 Å². The minimum absolute atomic E-state index is 0.0510. The number of piperidine rings is 1. The number of hydrogen-bond acceptors (Lipinski definition) is 4. The normalized spacial score (nSPS) is 18.1. The fraction of sp³-hybridized carbons (Fsp3) is 0.524. The molecule has 2 aromatic rings. The lowest BCUT2D eigenvalue weighted by atomic mass is 9.99. The van der Waals surface area contributed by atoms with Crippen LogP contribution >= 0.6 is 0 Å². The summed E-state index contributed by atoms with van der Waals surface area (Å²) >= 11 is 0. The molecule has 8 heteroatoms. The van der Waals surface area contributed by atoms with Crippen molar-refractivity contribution in [2.75, 3.05) is 19.6 Å². The second-order valence-electron chi connectivity index (χ2n) is 7.84. The van der Waals surface area contributed by atoms with Crippen LogP contribution in [0.25, 0.3) is 0 Å². The molecular weight excluding hydrogens is 388 g/mol. The number of aryl methyl sites for hydroxylation is 1. The van der Waals surface area contributed by atoms with Crippen molar-refractivity contribution < 1.29 is 13.2 Å². The molecule has 1 amide bonds. The Morgan fingerprint density at radius 1 is 1.28 bits per heavy atom. The molecule has 0 spiro atoms. The van der Waals surface area contributed by atoms with Crippen molar-refractivity contribution in [2.24, 2.45) is 5.92 Å². The molecule has 1 saturated heterocycles. The highest BCUT2D eigenvalue weighted by Gasteiger charge is 2.34. The number of carbonyl (C=O) groups is 1. The lowest BCUT2D eigenvalue weighted by Gasteiger charge is -2.30. The molecule has 1 N–H and O–H groups in total. The van der Waals surface area contributed by atoms with E-state index in [2.05, 4.69) is 22.4 Å². The molecule has 0 radical (unpaired) electrons. The van der Waals surface area contributed by atoms with Gasteiger partial charge in [0.2, 0.25) is 5.91 Å². The van der Waals surface area contributed by atoms with Crippen LogP contribution in [0.15, 0.2) is 47.9 Å². The molecule has 1 aromatic carbocycles. The summed E-state index contributed by atoms with van der Waals surface area (Å²) in [4.78, 5) is 16.6. The number of nitrogens with one attached hydrogen (secondary N) is 1. The molecule has 0 aliphatic carbocycles. The molecule has 7 nitrogen and oxygen atoms in total. The molecule has 0 unspecified atom stereocenters. The number of benzene rings is 1. The van der Waals surface area contributed by atoms with Crippen LogP contribution in [-0.2, 0) is 21.2 Å². The van der Waals surface area contributed by atoms with Gasteiger partial charge in [0.15, 0.2) is 5.03 Å². The molecular formula is C21H30N4O3S. The molecule has 0 saturated carbocycles. The summed E-state index contributed by atoms with van der Waals surface area (Å²) < 4.78 is 29.0. The van der Waals surface area contributed by atoms with Gasteiger partial charge in [-0.1, -0.05) is 30.3 Å². The minimum atomic E-state index is -3.68. The number of amides is 1. The van der Waals surface area contributed by atoms with E-state index in [0.29, 0.717) is 25.9 Å². The first-order chi connectivity index (χ1) is 13.9. The molecule has 1 aliphatic rings. The van der Waals surface area contributed by atoms with Crippen LogP contribution in [0, 0.1) is 5.92 Å². The number of imidazole rings is 1. The number of aromatic nitrogens is 2. The lowest BCUT2D eigenvalue weighted by molar-refractivity contribution is -0.126. The Morgan fingerprint density at radius 3 is 2.72 bits per heavy atom. The molecule has 1 aliphatic heterocycles. The van der Waals surface area contributed by atoms with E-state index >= 15 is 0 Å². The molecule has 1 aromatic heterocycles. The van der Waals surface area contributed by atoms with Gasteiger partial charge < -0.3 is 9.88 Å². The van der Waals surface area contributed by atoms with Gasteiger partial charge in [0.05, 0.1) is 12.2 Å². The Bertz CT molecular complexity index is 909. The van der Waals surface area contributed by atoms with Crippen molar-refractivity contribution in [3.8, 4) is 0 Å². The SMILES string of the molecule is CC(C)n1cnc(S(=O)(=O)N2CCC[C@H](C(=O)NCCCc3ccccc3)C2)c1. The zero-order valence-electron chi connectivity index (χ0n) is 17.1. The summed E-state index contributed by atoms with van der Waals surface area (Å²) in [5.74, 6) is -0.381. The highest BCUT2D eigenvalue weighted by Crippen LogP contribution is 2.23. The van der Waals surface area contributed by atoms with Gasteiger partial charge in [0, 0.05) is 31.9 Å². The number of nitrogens with zero attached hydrogens (tertiary/aromatic N) is 3. The van der Waals surface area contributed by atoms with E-state index in [1.165, 1.54) is 9.87 Å². The molecule has 158 valence electrons. The Labute approximate surface area is 173 Å². The third-order valence-electron chi connectivity index (χ3n) is 5.32. The summed E-state index contributed by atoms with van der Waals surface area (Å²) in [5.41, 5.74) is 1.25. The Kier molecular flexibility index (Phi) is 7.08. The summed E-state index contributed by atoms with van der Waals surface area (Å²) in [7, 11) is -3.68. The molecule has 2 heterocycles. The molecule has 1 atom stereocenters. The smallest absolute Gasteiger partial charge is 0.262 e. The molecule has 1 fully saturated rings. The highest BCUT2D eigenvalue weighted by molar-refractivity contribution is 7.89. The fourth-order valence-electron chi connectivity index (χ4n) is 3.53. The van der Waals surface area contributed by atoms with Gasteiger partial charge in [0.1, 0.15) is 0 Å². The van der Waals surface area contributed by atoms with Gasteiger partial charge >= 0.3 is 0 Å². The number of rotatable bonds is 8. The molecule has 3 rings (SSSR count). The summed E-state index contributed by atoms with van der Waals surface area (Å²) in [6.45, 7) is 5.17. The first-order valence-corrected chi connectivity index (χ1v) is 11.7. The van der Waals surface area contributed by atoms with E-state index in [1.807, 2.05) is 32.0 Å². The van der Waals surface area contributed by atoms with Gasteiger partial charge in [-0.25, -0.2) is 13.4 Å². The van der Waals surface area contributed by atoms with Gasteiger partial charge in [-0.15, -0.1) is 0 Å². The van der Waals surface area contributed by atoms with E-state index in [-0.39, 0.29) is 29.4 Å². The van der Waals surface area contributed by atoms with Gasteiger partial charge in [0.25, 0.3) is 10.0 Å². The second-order valence-corrected chi connectivity index (χ2v) is 9.72. The van der Waals surface area contributed by atoms with Crippen molar-refractivity contribution in [1.29, 1.82) is 0 Å². The fourth-order valence-corrected chi connectivity index (χ4v) is 4.98. The monoisotopic (exact) mass is 418 g/mol. The van der Waals surface area contributed by atoms with Gasteiger partial charge in [-0.05, 0) is 45.1 Å². The van der Waals surface area contributed by atoms with Crippen LogP contribution in [0.2, 0.25) is 0 Å². The zero-order valence-corrected chi connectivity index (χ0v) is 17.9. The van der Waals surface area contributed by atoms with Crippen LogP contribution in [0.3, 0.4) is 0 Å². The average molecular weight is 419 g/mol. The lowest BCUT2D eigenvalue weighted by Crippen LogP contribution is -2.45. The number of sulfonamides is 1. The summed E-state index contributed by atoms with van der Waals surface area (Å²) in [6.07, 6.45) is 6.25. The van der Waals surface area contributed by atoms with E-state index in [1.54, 1.807) is 17.1 Å². The maximum atomic E-state index is 12.9. The number of carbonyl (C=O) groups excluding carboxylic acids is 1. The van der Waals surface area contributed by atoms with E-state index in [9.17, 15) is 13.2 Å². The zero-order chi connectivity index (χ0) is 20.9. The van der Waals surface area contributed by atoms with Crippen LogP contribution in [0.5, 0.6) is 0 Å². The van der Waals surface area contributed by atoms with Crippen LogP contribution in [0.4, 0.5) is 0 Å². The summed E-state index contributed by atoms with van der Waals surface area (Å²) in [5, 5.41) is 3.02. The highest BCUT2D eigenvalue weighted by atomic mass is 32.2. The second kappa shape index (κ2) is 9.54. The van der Waals surface area contributed by atoms with Crippen LogP contribution in [-0.4, -0.2) is 47.8 Å². The average Bonchev–Trinajstić information content (AvgIpc) is 3.23. The maximum absolute atomic E-state index is 12.9. The predicted octanol–water partition coefficient (Wildman–Crippen LogP) is 2.61. The molecule has 0 bridgehead atoms. The third-order valence-corrected chi connectivity index (χ3v) is 7.07. The first-order valence-electron chi connectivity index (χ1n) is 10.2. The van der Waals surface area contributed by atoms with Crippen LogP contribution < -0.4 is 5.32 Å². The third kappa shape index (κ3) is 5.45. The standard InChI is InChI=1S/C21H30N4O3S/c1-17(2)24-15-20(23-16-24)29(27,28)25-13-7-11-19(14-25)21(26)22-12-6-10-18-8-4-3-5-9-18/h3-5,8-9,15-17,19H,6-7,10-14H2,1-2H3,(H,22,26)/t19-/m0/s1. The van der Waals surface area contributed by atoms with E-state index in [0.717, 1.165) is 12.8 Å². The van der Waals surface area contributed by atoms with Crippen molar-refractivity contribution in [2.45, 2.75) is 50.6 Å². The minimum Gasteiger partial charge on any atom is -0.356 e. The topological polar surface area (TPSA) is 84.3 Å². The predicted molar refractivity (Wildman–Crippen MR) is 112 cm³/mol. The Balaban J connectivity index is 1.53. The maximum Gasteiger partial charge on any atom is 0.262 e. The largest absolute Gasteiger partial charge is 0.356 e. The quantitative estimate of drug-likeness (QED) is 0.668. The molecule has 29 heavy (non-hydrogen) atoms. The Hall–Kier alpha value is -2.19. The Morgan fingerprint density at radius 2 is 2.03 bits per heavy atom. The van der Waals surface area contributed by atoms with Crippen LogP contribution in [0.1, 0.15) is 44.7 Å². The van der Waals surface area contributed by atoms with E-state index in [4.69, 9.17) is 0 Å².